The summed E-state index contributed by atoms with van der Waals surface area (Å²) in [6.45, 7) is 2.14. The highest BCUT2D eigenvalue weighted by atomic mass is 79.9. The van der Waals surface area contributed by atoms with Gasteiger partial charge in [-0.15, -0.1) is 16.4 Å². The van der Waals surface area contributed by atoms with E-state index in [-0.39, 0.29) is 0 Å². The molecule has 0 aliphatic heterocycles. The van der Waals surface area contributed by atoms with Crippen LogP contribution in [-0.2, 0) is 6.42 Å². The van der Waals surface area contributed by atoms with Crippen molar-refractivity contribution < 1.29 is 0 Å². The van der Waals surface area contributed by atoms with Crippen molar-refractivity contribution in [3.63, 3.8) is 0 Å². The van der Waals surface area contributed by atoms with Crippen LogP contribution in [0.2, 0.25) is 0 Å². The van der Waals surface area contributed by atoms with Crippen LogP contribution in [0.5, 0.6) is 0 Å². The maximum absolute atomic E-state index is 4.48. The van der Waals surface area contributed by atoms with E-state index in [9.17, 15) is 0 Å². The van der Waals surface area contributed by atoms with Crippen LogP contribution in [0.25, 0.3) is 5.65 Å². The van der Waals surface area contributed by atoms with Gasteiger partial charge in [0.15, 0.2) is 5.65 Å². The molecule has 3 aromatic heterocycles. The second-order valence-corrected chi connectivity index (χ2v) is 6.28. The molecule has 0 radical (unpaired) electrons. The molecule has 3 rings (SSSR count). The number of hydrogen-bond donors (Lipinski definition) is 1. The zero-order valence-corrected chi connectivity index (χ0v) is 12.8. The molecule has 0 saturated carbocycles. The summed E-state index contributed by atoms with van der Waals surface area (Å²) in [7, 11) is 0. The van der Waals surface area contributed by atoms with Gasteiger partial charge in [0.05, 0.1) is 4.47 Å². The smallest absolute Gasteiger partial charge is 0.243 e. The first-order valence-corrected chi connectivity index (χ1v) is 7.69. The Labute approximate surface area is 123 Å². The predicted octanol–water partition coefficient (Wildman–Crippen LogP) is 3.60. The number of thiophene rings is 1. The van der Waals surface area contributed by atoms with Gasteiger partial charge in [-0.3, -0.25) is 0 Å². The molecule has 0 fully saturated rings. The SMILES string of the molecule is CC(Cc1cccs1)Nc1nc2c(Br)cccn2n1. The molecular formula is C13H13BrN4S. The monoisotopic (exact) mass is 336 g/mol. The third-order valence-corrected chi connectivity index (χ3v) is 4.30. The summed E-state index contributed by atoms with van der Waals surface area (Å²) in [5, 5.41) is 9.85. The second kappa shape index (κ2) is 5.30. The molecule has 0 aromatic carbocycles. The van der Waals surface area contributed by atoms with Crippen molar-refractivity contribution in [2.24, 2.45) is 0 Å². The highest BCUT2D eigenvalue weighted by molar-refractivity contribution is 9.10. The first-order valence-electron chi connectivity index (χ1n) is 6.02. The standard InChI is InChI=1S/C13H13BrN4S/c1-9(8-10-4-3-7-19-10)15-13-16-12-11(14)5-2-6-18(12)17-13/h2-7,9H,8H2,1H3,(H,15,17). The Hall–Kier alpha value is -1.40. The Kier molecular flexibility index (Phi) is 3.52. The van der Waals surface area contributed by atoms with Crippen molar-refractivity contribution >= 4 is 38.9 Å². The lowest BCUT2D eigenvalue weighted by Gasteiger charge is -2.10. The molecule has 0 spiro atoms. The first kappa shape index (κ1) is 12.6. The van der Waals surface area contributed by atoms with E-state index in [2.05, 4.69) is 55.8 Å². The van der Waals surface area contributed by atoms with E-state index in [1.807, 2.05) is 18.3 Å². The van der Waals surface area contributed by atoms with Crippen molar-refractivity contribution in [2.45, 2.75) is 19.4 Å². The molecule has 0 aliphatic rings. The van der Waals surface area contributed by atoms with Crippen molar-refractivity contribution in [1.29, 1.82) is 0 Å². The van der Waals surface area contributed by atoms with Crippen molar-refractivity contribution in [3.05, 3.63) is 45.2 Å². The Morgan fingerprint density at radius 3 is 3.05 bits per heavy atom. The van der Waals surface area contributed by atoms with Crippen LogP contribution in [0.15, 0.2) is 40.3 Å². The molecule has 19 heavy (non-hydrogen) atoms. The van der Waals surface area contributed by atoms with Crippen LogP contribution in [0, 0.1) is 0 Å². The second-order valence-electron chi connectivity index (χ2n) is 4.39. The molecule has 0 amide bonds. The van der Waals surface area contributed by atoms with Crippen LogP contribution >= 0.6 is 27.3 Å². The van der Waals surface area contributed by atoms with Crippen LogP contribution in [0.4, 0.5) is 5.95 Å². The average Bonchev–Trinajstić information content (AvgIpc) is 2.98. The number of nitrogens with zero attached hydrogens (tertiary/aromatic N) is 3. The van der Waals surface area contributed by atoms with Crippen molar-refractivity contribution in [1.82, 2.24) is 14.6 Å². The third kappa shape index (κ3) is 2.79. The summed E-state index contributed by atoms with van der Waals surface area (Å²) in [5.74, 6) is 0.663. The number of nitrogens with one attached hydrogen (secondary N) is 1. The van der Waals surface area contributed by atoms with Crippen LogP contribution in [0.1, 0.15) is 11.8 Å². The number of hydrogen-bond acceptors (Lipinski definition) is 4. The van der Waals surface area contributed by atoms with E-state index in [1.165, 1.54) is 4.88 Å². The van der Waals surface area contributed by atoms with Crippen LogP contribution in [0.3, 0.4) is 0 Å². The molecule has 1 atom stereocenters. The van der Waals surface area contributed by atoms with E-state index in [0.29, 0.717) is 12.0 Å². The summed E-state index contributed by atoms with van der Waals surface area (Å²) in [5.41, 5.74) is 0.827. The number of aromatic nitrogens is 3. The molecule has 1 unspecified atom stereocenters. The van der Waals surface area contributed by atoms with Gasteiger partial charge in [-0.05, 0) is 46.4 Å². The Balaban J connectivity index is 1.76. The number of pyridine rings is 1. The topological polar surface area (TPSA) is 42.2 Å². The Bertz CT molecular complexity index is 677. The molecule has 1 N–H and O–H groups in total. The maximum atomic E-state index is 4.48. The van der Waals surface area contributed by atoms with E-state index >= 15 is 0 Å². The van der Waals surface area contributed by atoms with Gasteiger partial charge in [0, 0.05) is 23.5 Å². The Morgan fingerprint density at radius 2 is 2.32 bits per heavy atom. The predicted molar refractivity (Wildman–Crippen MR) is 81.8 cm³/mol. The first-order chi connectivity index (χ1) is 9.22. The minimum Gasteiger partial charge on any atom is -0.350 e. The van der Waals surface area contributed by atoms with Gasteiger partial charge in [0.2, 0.25) is 5.95 Å². The van der Waals surface area contributed by atoms with Crippen LogP contribution in [-0.4, -0.2) is 20.6 Å². The maximum Gasteiger partial charge on any atom is 0.243 e. The van der Waals surface area contributed by atoms with Gasteiger partial charge in [-0.1, -0.05) is 6.07 Å². The lowest BCUT2D eigenvalue weighted by atomic mass is 10.2. The molecule has 0 aliphatic carbocycles. The summed E-state index contributed by atoms with van der Waals surface area (Å²) < 4.78 is 2.71. The summed E-state index contributed by atoms with van der Waals surface area (Å²) in [6, 6.07) is 8.42. The molecule has 0 saturated heterocycles. The van der Waals surface area contributed by atoms with Crippen molar-refractivity contribution in [2.75, 3.05) is 5.32 Å². The highest BCUT2D eigenvalue weighted by Gasteiger charge is 2.10. The van der Waals surface area contributed by atoms with Crippen LogP contribution < -0.4 is 5.32 Å². The number of rotatable bonds is 4. The van der Waals surface area contributed by atoms with Gasteiger partial charge in [-0.2, -0.15) is 4.98 Å². The van der Waals surface area contributed by atoms with Gasteiger partial charge in [-0.25, -0.2) is 4.52 Å². The quantitative estimate of drug-likeness (QED) is 0.791. The molecule has 0 bridgehead atoms. The minimum absolute atomic E-state index is 0.301. The van der Waals surface area contributed by atoms with E-state index in [4.69, 9.17) is 0 Å². The zero-order chi connectivity index (χ0) is 13.2. The highest BCUT2D eigenvalue weighted by Crippen LogP contribution is 2.18. The summed E-state index contributed by atoms with van der Waals surface area (Å²) >= 11 is 5.25. The molecule has 6 heteroatoms. The largest absolute Gasteiger partial charge is 0.350 e. The van der Waals surface area contributed by atoms with Crippen molar-refractivity contribution in [3.8, 4) is 0 Å². The normalized spacial score (nSPS) is 12.7. The van der Waals surface area contributed by atoms with Gasteiger partial charge in [0.25, 0.3) is 0 Å². The fraction of sp³-hybridized carbons (Fsp3) is 0.231. The lowest BCUT2D eigenvalue weighted by Crippen LogP contribution is -2.18. The molecule has 3 heterocycles. The fourth-order valence-electron chi connectivity index (χ4n) is 1.94. The van der Waals surface area contributed by atoms with E-state index in [1.54, 1.807) is 15.9 Å². The zero-order valence-electron chi connectivity index (χ0n) is 10.4. The number of fused-ring (bicyclic) bond motifs is 1. The molecular weight excluding hydrogens is 324 g/mol. The van der Waals surface area contributed by atoms with E-state index < -0.39 is 0 Å². The lowest BCUT2D eigenvalue weighted by molar-refractivity contribution is 0.784. The van der Waals surface area contributed by atoms with Gasteiger partial charge >= 0.3 is 0 Å². The van der Waals surface area contributed by atoms with E-state index in [0.717, 1.165) is 16.5 Å². The molecule has 3 aromatic rings. The molecule has 4 nitrogen and oxygen atoms in total. The number of halogens is 1. The summed E-state index contributed by atoms with van der Waals surface area (Å²) in [4.78, 5) is 5.84. The van der Waals surface area contributed by atoms with Gasteiger partial charge < -0.3 is 5.32 Å². The molecule has 98 valence electrons. The minimum atomic E-state index is 0.301. The summed E-state index contributed by atoms with van der Waals surface area (Å²) in [6.07, 6.45) is 2.87. The average molecular weight is 337 g/mol. The third-order valence-electron chi connectivity index (χ3n) is 2.78. The number of anilines is 1. The Morgan fingerprint density at radius 1 is 1.42 bits per heavy atom. The fourth-order valence-corrected chi connectivity index (χ4v) is 3.19. The van der Waals surface area contributed by atoms with Gasteiger partial charge in [0.1, 0.15) is 0 Å².